The zero-order valence-corrected chi connectivity index (χ0v) is 7.84. The van der Waals surface area contributed by atoms with E-state index in [1.807, 2.05) is 11.8 Å². The van der Waals surface area contributed by atoms with Crippen molar-refractivity contribution < 1.29 is 0 Å². The van der Waals surface area contributed by atoms with Crippen LogP contribution in [-0.4, -0.2) is 23.4 Å². The maximum Gasteiger partial charge on any atom is 0.104 e. The van der Waals surface area contributed by atoms with Crippen molar-refractivity contribution in [2.24, 2.45) is 0 Å². The standard InChI is InChI=1S/C8H16N2S/c1-2-3-4-7-5-11-6-8(9)10-7/h7H,2-6H2,1H3,(H2,9,10). The lowest BCUT2D eigenvalue weighted by atomic mass is 10.1. The Morgan fingerprint density at radius 3 is 3.18 bits per heavy atom. The van der Waals surface area contributed by atoms with E-state index in [4.69, 9.17) is 5.41 Å². The third kappa shape index (κ3) is 3.14. The van der Waals surface area contributed by atoms with Crippen molar-refractivity contribution in [1.82, 2.24) is 5.32 Å². The van der Waals surface area contributed by atoms with Crippen LogP contribution in [0.1, 0.15) is 26.2 Å². The van der Waals surface area contributed by atoms with Gasteiger partial charge in [-0.15, -0.1) is 0 Å². The van der Waals surface area contributed by atoms with Crippen LogP contribution < -0.4 is 5.32 Å². The molecule has 0 aromatic carbocycles. The Labute approximate surface area is 72.6 Å². The average Bonchev–Trinajstić information content (AvgIpc) is 2.01. The van der Waals surface area contributed by atoms with Gasteiger partial charge in [-0.2, -0.15) is 11.8 Å². The highest BCUT2D eigenvalue weighted by Gasteiger charge is 2.14. The molecule has 1 aliphatic heterocycles. The van der Waals surface area contributed by atoms with Gasteiger partial charge >= 0.3 is 0 Å². The lowest BCUT2D eigenvalue weighted by Crippen LogP contribution is -2.41. The van der Waals surface area contributed by atoms with E-state index in [1.165, 1.54) is 25.0 Å². The molecule has 0 aromatic rings. The molecule has 0 aliphatic carbocycles. The number of thioether (sulfide) groups is 1. The molecular formula is C8H16N2S. The SMILES string of the molecule is CCCCC1CSCC(=N)N1. The van der Waals surface area contributed by atoms with Gasteiger partial charge in [0, 0.05) is 11.8 Å². The quantitative estimate of drug-likeness (QED) is 0.681. The molecule has 1 saturated heterocycles. The molecule has 64 valence electrons. The Balaban J connectivity index is 2.17. The molecule has 1 fully saturated rings. The lowest BCUT2D eigenvalue weighted by molar-refractivity contribution is 0.571. The largest absolute Gasteiger partial charge is 0.370 e. The fourth-order valence-electron chi connectivity index (χ4n) is 1.24. The van der Waals surface area contributed by atoms with Crippen LogP contribution in [0.25, 0.3) is 0 Å². The summed E-state index contributed by atoms with van der Waals surface area (Å²) >= 11 is 1.87. The molecule has 0 bridgehead atoms. The Morgan fingerprint density at radius 1 is 1.73 bits per heavy atom. The molecule has 1 heterocycles. The molecule has 11 heavy (non-hydrogen) atoms. The lowest BCUT2D eigenvalue weighted by Gasteiger charge is -2.24. The predicted octanol–water partition coefficient (Wildman–Crippen LogP) is 1.86. The molecule has 0 amide bonds. The first-order chi connectivity index (χ1) is 5.33. The van der Waals surface area contributed by atoms with E-state index in [9.17, 15) is 0 Å². The molecule has 1 atom stereocenters. The Hall–Kier alpha value is -0.180. The van der Waals surface area contributed by atoms with Crippen molar-refractivity contribution in [3.63, 3.8) is 0 Å². The average molecular weight is 172 g/mol. The van der Waals surface area contributed by atoms with E-state index >= 15 is 0 Å². The summed E-state index contributed by atoms with van der Waals surface area (Å²) in [5, 5.41) is 10.6. The molecule has 0 spiro atoms. The topological polar surface area (TPSA) is 35.9 Å². The van der Waals surface area contributed by atoms with Gasteiger partial charge in [0.2, 0.25) is 0 Å². The van der Waals surface area contributed by atoms with Gasteiger partial charge in [-0.05, 0) is 6.42 Å². The zero-order valence-electron chi connectivity index (χ0n) is 7.02. The van der Waals surface area contributed by atoms with Crippen LogP contribution in [0.2, 0.25) is 0 Å². The number of hydrogen-bond acceptors (Lipinski definition) is 2. The summed E-state index contributed by atoms with van der Waals surface area (Å²) in [5.74, 6) is 2.77. The summed E-state index contributed by atoms with van der Waals surface area (Å²) in [6, 6.07) is 0.571. The monoisotopic (exact) mass is 172 g/mol. The smallest absolute Gasteiger partial charge is 0.104 e. The van der Waals surface area contributed by atoms with Gasteiger partial charge in [-0.3, -0.25) is 5.41 Å². The highest BCUT2D eigenvalue weighted by atomic mass is 32.2. The number of rotatable bonds is 3. The summed E-state index contributed by atoms with van der Waals surface area (Å²) in [6.45, 7) is 2.21. The minimum Gasteiger partial charge on any atom is -0.370 e. The van der Waals surface area contributed by atoms with Gasteiger partial charge in [-0.1, -0.05) is 19.8 Å². The summed E-state index contributed by atoms with van der Waals surface area (Å²) in [5.41, 5.74) is 0. The van der Waals surface area contributed by atoms with Crippen LogP contribution in [0, 0.1) is 5.41 Å². The van der Waals surface area contributed by atoms with E-state index in [-0.39, 0.29) is 0 Å². The van der Waals surface area contributed by atoms with Crippen LogP contribution in [0.3, 0.4) is 0 Å². The van der Waals surface area contributed by atoms with Crippen molar-refractivity contribution in [2.75, 3.05) is 11.5 Å². The fourth-order valence-corrected chi connectivity index (χ4v) is 2.18. The first-order valence-corrected chi connectivity index (χ1v) is 5.40. The van der Waals surface area contributed by atoms with Gasteiger partial charge in [0.25, 0.3) is 0 Å². The molecule has 2 nitrogen and oxygen atoms in total. The van der Waals surface area contributed by atoms with Crippen LogP contribution in [0.4, 0.5) is 0 Å². The molecule has 2 N–H and O–H groups in total. The fraction of sp³-hybridized carbons (Fsp3) is 0.875. The minimum atomic E-state index is 0.571. The van der Waals surface area contributed by atoms with Gasteiger partial charge in [0.1, 0.15) is 5.84 Å². The maximum atomic E-state index is 7.42. The van der Waals surface area contributed by atoms with Crippen molar-refractivity contribution in [1.29, 1.82) is 5.41 Å². The third-order valence-electron chi connectivity index (χ3n) is 1.85. The highest BCUT2D eigenvalue weighted by Crippen LogP contribution is 2.13. The summed E-state index contributed by atoms with van der Waals surface area (Å²) in [7, 11) is 0. The van der Waals surface area contributed by atoms with Crippen LogP contribution in [0.15, 0.2) is 0 Å². The molecule has 1 aliphatic rings. The normalized spacial score (nSPS) is 24.8. The second kappa shape index (κ2) is 4.65. The van der Waals surface area contributed by atoms with Crippen LogP contribution in [0.5, 0.6) is 0 Å². The van der Waals surface area contributed by atoms with Crippen molar-refractivity contribution in [3.8, 4) is 0 Å². The van der Waals surface area contributed by atoms with Crippen LogP contribution in [-0.2, 0) is 0 Å². The van der Waals surface area contributed by atoms with Gasteiger partial charge in [-0.25, -0.2) is 0 Å². The van der Waals surface area contributed by atoms with Gasteiger partial charge in [0.15, 0.2) is 0 Å². The Bertz CT molecular complexity index is 136. The van der Waals surface area contributed by atoms with Crippen molar-refractivity contribution in [2.45, 2.75) is 32.2 Å². The number of amidine groups is 1. The second-order valence-corrected chi connectivity index (χ2v) is 4.01. The molecule has 0 radical (unpaired) electrons. The number of nitrogens with one attached hydrogen (secondary N) is 2. The first-order valence-electron chi connectivity index (χ1n) is 4.24. The molecular weight excluding hydrogens is 156 g/mol. The molecule has 1 unspecified atom stereocenters. The molecule has 0 aromatic heterocycles. The Morgan fingerprint density at radius 2 is 2.55 bits per heavy atom. The second-order valence-electron chi connectivity index (χ2n) is 2.98. The zero-order chi connectivity index (χ0) is 8.10. The summed E-state index contributed by atoms with van der Waals surface area (Å²) < 4.78 is 0. The van der Waals surface area contributed by atoms with E-state index < -0.39 is 0 Å². The van der Waals surface area contributed by atoms with E-state index in [1.54, 1.807) is 0 Å². The molecule has 3 heteroatoms. The summed E-state index contributed by atoms with van der Waals surface area (Å²) in [4.78, 5) is 0. The van der Waals surface area contributed by atoms with E-state index in [2.05, 4.69) is 12.2 Å². The van der Waals surface area contributed by atoms with Gasteiger partial charge < -0.3 is 5.32 Å². The third-order valence-corrected chi connectivity index (χ3v) is 2.98. The van der Waals surface area contributed by atoms with Crippen molar-refractivity contribution >= 4 is 17.6 Å². The van der Waals surface area contributed by atoms with E-state index in [0.29, 0.717) is 11.9 Å². The Kier molecular flexibility index (Phi) is 3.77. The highest BCUT2D eigenvalue weighted by molar-refractivity contribution is 8.00. The first kappa shape index (κ1) is 8.91. The molecule has 1 rings (SSSR count). The maximum absolute atomic E-state index is 7.42. The summed E-state index contributed by atoms with van der Waals surface area (Å²) in [6.07, 6.45) is 3.77. The van der Waals surface area contributed by atoms with Crippen molar-refractivity contribution in [3.05, 3.63) is 0 Å². The minimum absolute atomic E-state index is 0.571. The van der Waals surface area contributed by atoms with E-state index in [0.717, 1.165) is 5.75 Å². The number of unbranched alkanes of at least 4 members (excludes halogenated alkanes) is 1. The van der Waals surface area contributed by atoms with Gasteiger partial charge in [0.05, 0.1) is 5.75 Å². The molecule has 0 saturated carbocycles. The van der Waals surface area contributed by atoms with Crippen LogP contribution >= 0.6 is 11.8 Å². The number of hydrogen-bond donors (Lipinski definition) is 2. The predicted molar refractivity (Wildman–Crippen MR) is 51.5 cm³/mol.